The van der Waals surface area contributed by atoms with Crippen LogP contribution in [0, 0.1) is 5.92 Å². The Kier molecular flexibility index (Phi) is 5.03. The molecule has 0 bridgehead atoms. The molecule has 21 heavy (non-hydrogen) atoms. The molecule has 7 heteroatoms. The number of halogens is 1. The van der Waals surface area contributed by atoms with Crippen LogP contribution in [0.3, 0.4) is 0 Å². The number of nitrogens with zero attached hydrogens (tertiary/aromatic N) is 3. The molecule has 0 aliphatic heterocycles. The van der Waals surface area contributed by atoms with Gasteiger partial charge >= 0.3 is 0 Å². The summed E-state index contributed by atoms with van der Waals surface area (Å²) < 4.78 is 3.39. The van der Waals surface area contributed by atoms with E-state index in [1.54, 1.807) is 34.8 Å². The van der Waals surface area contributed by atoms with Crippen molar-refractivity contribution in [3.8, 4) is 0 Å². The highest BCUT2D eigenvalue weighted by atomic mass is 35.5. The van der Waals surface area contributed by atoms with Gasteiger partial charge in [0.15, 0.2) is 0 Å². The van der Waals surface area contributed by atoms with E-state index in [2.05, 4.69) is 10.4 Å². The van der Waals surface area contributed by atoms with Crippen LogP contribution in [-0.2, 0) is 20.5 Å². The Bertz CT molecular complexity index is 620. The number of aliphatic hydroxyl groups is 1. The van der Waals surface area contributed by atoms with Crippen LogP contribution in [0.5, 0.6) is 0 Å². The lowest BCUT2D eigenvalue weighted by Gasteiger charge is -2.14. The maximum atomic E-state index is 12.1. The molecule has 0 spiro atoms. The van der Waals surface area contributed by atoms with E-state index >= 15 is 0 Å². The van der Waals surface area contributed by atoms with Crippen molar-refractivity contribution in [1.29, 1.82) is 0 Å². The van der Waals surface area contributed by atoms with E-state index in [9.17, 15) is 9.90 Å². The quantitative estimate of drug-likeness (QED) is 0.836. The minimum absolute atomic E-state index is 0.00304. The van der Waals surface area contributed by atoms with Gasteiger partial charge < -0.3 is 15.0 Å². The first-order chi connectivity index (χ1) is 9.99. The highest BCUT2D eigenvalue weighted by molar-refractivity contribution is 6.31. The third-order valence-electron chi connectivity index (χ3n) is 3.30. The number of hydrogen-bond donors (Lipinski definition) is 2. The zero-order valence-corrected chi connectivity index (χ0v) is 12.8. The fourth-order valence-corrected chi connectivity index (χ4v) is 2.44. The zero-order valence-electron chi connectivity index (χ0n) is 12.1. The summed E-state index contributed by atoms with van der Waals surface area (Å²) >= 11 is 5.86. The molecule has 2 rings (SSSR count). The van der Waals surface area contributed by atoms with Gasteiger partial charge in [-0.05, 0) is 18.1 Å². The predicted molar refractivity (Wildman–Crippen MR) is 80.2 cm³/mol. The van der Waals surface area contributed by atoms with Crippen molar-refractivity contribution < 1.29 is 9.90 Å². The highest BCUT2D eigenvalue weighted by Gasteiger charge is 2.15. The van der Waals surface area contributed by atoms with Gasteiger partial charge in [0.1, 0.15) is 5.69 Å². The normalized spacial score (nSPS) is 12.4. The molecule has 1 unspecified atom stereocenters. The van der Waals surface area contributed by atoms with Crippen LogP contribution >= 0.6 is 11.6 Å². The smallest absolute Gasteiger partial charge is 0.267 e. The van der Waals surface area contributed by atoms with Crippen LogP contribution in [0.2, 0.25) is 5.02 Å². The maximum Gasteiger partial charge on any atom is 0.267 e. The van der Waals surface area contributed by atoms with Crippen molar-refractivity contribution in [2.75, 3.05) is 13.2 Å². The van der Waals surface area contributed by atoms with Crippen LogP contribution in [0.15, 0.2) is 24.7 Å². The van der Waals surface area contributed by atoms with Crippen molar-refractivity contribution in [2.24, 2.45) is 20.0 Å². The molecule has 6 nitrogen and oxygen atoms in total. The topological polar surface area (TPSA) is 72.1 Å². The first-order valence-electron chi connectivity index (χ1n) is 6.68. The van der Waals surface area contributed by atoms with Gasteiger partial charge in [-0.1, -0.05) is 11.6 Å². The Morgan fingerprint density at radius 2 is 2.24 bits per heavy atom. The molecule has 0 aliphatic carbocycles. The van der Waals surface area contributed by atoms with Gasteiger partial charge in [0.05, 0.1) is 11.2 Å². The SMILES string of the molecule is Cn1cc(CC(CO)CNC(=O)c2cc(Cl)cn2C)cn1. The molecule has 2 aromatic rings. The van der Waals surface area contributed by atoms with Crippen molar-refractivity contribution in [3.63, 3.8) is 0 Å². The Morgan fingerprint density at radius 1 is 1.48 bits per heavy atom. The molecule has 0 radical (unpaired) electrons. The molecule has 2 N–H and O–H groups in total. The van der Waals surface area contributed by atoms with Crippen LogP contribution in [0.1, 0.15) is 16.1 Å². The summed E-state index contributed by atoms with van der Waals surface area (Å²) in [5.74, 6) is -0.247. The molecular weight excluding hydrogens is 292 g/mol. The minimum atomic E-state index is -0.200. The maximum absolute atomic E-state index is 12.1. The Balaban J connectivity index is 1.90. The van der Waals surface area contributed by atoms with Gasteiger partial charge in [0.25, 0.3) is 5.91 Å². The van der Waals surface area contributed by atoms with Crippen LogP contribution in [0.4, 0.5) is 0 Å². The molecule has 1 atom stereocenters. The molecule has 0 aliphatic rings. The zero-order chi connectivity index (χ0) is 15.4. The number of carbonyl (C=O) groups is 1. The van der Waals surface area contributed by atoms with Gasteiger partial charge in [0.2, 0.25) is 0 Å². The number of amides is 1. The molecule has 0 saturated heterocycles. The first-order valence-corrected chi connectivity index (χ1v) is 7.06. The number of nitrogens with one attached hydrogen (secondary N) is 1. The number of carbonyl (C=O) groups excluding carboxylic acids is 1. The predicted octanol–water partition coefficient (Wildman–Crippen LogP) is 0.993. The van der Waals surface area contributed by atoms with Crippen LogP contribution < -0.4 is 5.32 Å². The van der Waals surface area contributed by atoms with Gasteiger partial charge in [0, 0.05) is 45.6 Å². The van der Waals surface area contributed by atoms with Crippen molar-refractivity contribution >= 4 is 17.5 Å². The molecule has 0 aromatic carbocycles. The summed E-state index contributed by atoms with van der Waals surface area (Å²) in [5.41, 5.74) is 1.53. The van der Waals surface area contributed by atoms with Crippen molar-refractivity contribution in [2.45, 2.75) is 6.42 Å². The lowest BCUT2D eigenvalue weighted by molar-refractivity contribution is 0.0932. The molecule has 1 amide bonds. The summed E-state index contributed by atoms with van der Waals surface area (Å²) in [6, 6.07) is 1.62. The summed E-state index contributed by atoms with van der Waals surface area (Å²) in [5, 5.41) is 16.9. The number of aromatic nitrogens is 3. The summed E-state index contributed by atoms with van der Waals surface area (Å²) in [7, 11) is 3.61. The minimum Gasteiger partial charge on any atom is -0.396 e. The monoisotopic (exact) mass is 310 g/mol. The van der Waals surface area contributed by atoms with E-state index in [0.717, 1.165) is 5.56 Å². The van der Waals surface area contributed by atoms with Gasteiger partial charge in [-0.25, -0.2) is 0 Å². The average molecular weight is 311 g/mol. The van der Waals surface area contributed by atoms with Crippen LogP contribution in [0.25, 0.3) is 0 Å². The Morgan fingerprint density at radius 3 is 2.76 bits per heavy atom. The Hall–Kier alpha value is -1.79. The summed E-state index contributed by atoms with van der Waals surface area (Å²) in [6.07, 6.45) is 6.01. The van der Waals surface area contributed by atoms with Gasteiger partial charge in [-0.15, -0.1) is 0 Å². The molecule has 114 valence electrons. The molecule has 2 heterocycles. The van der Waals surface area contributed by atoms with Gasteiger partial charge in [-0.2, -0.15) is 5.10 Å². The van der Waals surface area contributed by atoms with E-state index in [1.165, 1.54) is 0 Å². The first kappa shape index (κ1) is 15.6. The van der Waals surface area contributed by atoms with Crippen molar-refractivity contribution in [3.05, 3.63) is 40.9 Å². The van der Waals surface area contributed by atoms with Gasteiger partial charge in [-0.3, -0.25) is 9.48 Å². The number of aryl methyl sites for hydroxylation is 2. The second-order valence-corrected chi connectivity index (χ2v) is 5.58. The van der Waals surface area contributed by atoms with E-state index in [1.807, 2.05) is 13.2 Å². The van der Waals surface area contributed by atoms with E-state index in [4.69, 9.17) is 11.6 Å². The second-order valence-electron chi connectivity index (χ2n) is 5.14. The van der Waals surface area contributed by atoms with E-state index in [0.29, 0.717) is 23.7 Å². The number of aliphatic hydroxyl groups excluding tert-OH is 1. The molecule has 2 aromatic heterocycles. The summed E-state index contributed by atoms with van der Waals surface area (Å²) in [4.78, 5) is 12.1. The third kappa shape index (κ3) is 4.09. The molecule has 0 fully saturated rings. The molecule has 0 saturated carbocycles. The fraction of sp³-hybridized carbons (Fsp3) is 0.429. The van der Waals surface area contributed by atoms with E-state index in [-0.39, 0.29) is 18.4 Å². The van der Waals surface area contributed by atoms with Crippen LogP contribution in [-0.4, -0.2) is 38.5 Å². The van der Waals surface area contributed by atoms with E-state index < -0.39 is 0 Å². The number of hydrogen-bond acceptors (Lipinski definition) is 3. The lowest BCUT2D eigenvalue weighted by atomic mass is 10.0. The van der Waals surface area contributed by atoms with Crippen molar-refractivity contribution in [1.82, 2.24) is 19.7 Å². The lowest BCUT2D eigenvalue weighted by Crippen LogP contribution is -2.32. The molecular formula is C14H19ClN4O2. The highest BCUT2D eigenvalue weighted by Crippen LogP contribution is 2.13. The third-order valence-corrected chi connectivity index (χ3v) is 3.50. The standard InChI is InChI=1S/C14H19ClN4O2/c1-18-8-12(15)4-13(18)14(21)16-5-11(9-20)3-10-6-17-19(2)7-10/h4,6-8,11,20H,3,5,9H2,1-2H3,(H,16,21). The average Bonchev–Trinajstić information content (AvgIpc) is 2.99. The number of rotatable bonds is 6. The summed E-state index contributed by atoms with van der Waals surface area (Å²) in [6.45, 7) is 0.399. The second kappa shape index (κ2) is 6.78. The Labute approximate surface area is 128 Å². The largest absolute Gasteiger partial charge is 0.396 e. The fourth-order valence-electron chi connectivity index (χ4n) is 2.19.